The minimum Gasteiger partial charge on any atom is -0.349 e. The Morgan fingerprint density at radius 2 is 2.10 bits per heavy atom. The van der Waals surface area contributed by atoms with Crippen molar-refractivity contribution in [2.45, 2.75) is 38.1 Å². The van der Waals surface area contributed by atoms with Crippen molar-refractivity contribution in [3.05, 3.63) is 42.4 Å². The van der Waals surface area contributed by atoms with Gasteiger partial charge in [-0.25, -0.2) is 9.67 Å². The molecule has 2 aromatic rings. The van der Waals surface area contributed by atoms with Gasteiger partial charge in [-0.15, -0.1) is 0 Å². The number of pyridine rings is 1. The third-order valence-corrected chi connectivity index (χ3v) is 3.69. The van der Waals surface area contributed by atoms with Crippen molar-refractivity contribution in [2.75, 3.05) is 0 Å². The lowest BCUT2D eigenvalue weighted by Gasteiger charge is -2.22. The van der Waals surface area contributed by atoms with E-state index >= 15 is 0 Å². The molecule has 104 valence electrons. The highest BCUT2D eigenvalue weighted by Crippen LogP contribution is 2.17. The van der Waals surface area contributed by atoms with Crippen molar-refractivity contribution in [2.24, 2.45) is 0 Å². The monoisotopic (exact) mass is 270 g/mol. The average Bonchev–Trinajstić information content (AvgIpc) is 3.03. The van der Waals surface area contributed by atoms with Crippen LogP contribution < -0.4 is 5.32 Å². The van der Waals surface area contributed by atoms with Gasteiger partial charge in [0.1, 0.15) is 0 Å². The van der Waals surface area contributed by atoms with Crippen molar-refractivity contribution in [3.63, 3.8) is 0 Å². The van der Waals surface area contributed by atoms with Crippen LogP contribution in [0, 0.1) is 0 Å². The van der Waals surface area contributed by atoms with Gasteiger partial charge >= 0.3 is 0 Å². The Morgan fingerprint density at radius 3 is 2.75 bits per heavy atom. The Balaban J connectivity index is 1.66. The second kappa shape index (κ2) is 5.86. The standard InChI is InChI=1S/C15H18N4O/c20-15(18-13-5-2-1-3-6-13)12-7-8-14(16-11-12)19-10-4-9-17-19/h4,7-11,13H,1-3,5-6H2,(H,18,20). The number of carbonyl (C=O) groups is 1. The minimum atomic E-state index is -0.0311. The average molecular weight is 270 g/mol. The Labute approximate surface area is 118 Å². The molecule has 5 heteroatoms. The van der Waals surface area contributed by atoms with Crippen molar-refractivity contribution in [1.82, 2.24) is 20.1 Å². The molecule has 2 heterocycles. The van der Waals surface area contributed by atoms with Crippen LogP contribution in [-0.2, 0) is 0 Å². The topological polar surface area (TPSA) is 59.8 Å². The highest BCUT2D eigenvalue weighted by Gasteiger charge is 2.16. The van der Waals surface area contributed by atoms with Crippen LogP contribution in [0.25, 0.3) is 5.82 Å². The first-order valence-corrected chi connectivity index (χ1v) is 7.10. The van der Waals surface area contributed by atoms with Crippen molar-refractivity contribution in [3.8, 4) is 5.82 Å². The summed E-state index contributed by atoms with van der Waals surface area (Å²) in [7, 11) is 0. The highest BCUT2D eigenvalue weighted by atomic mass is 16.1. The maximum atomic E-state index is 12.1. The first-order chi connectivity index (χ1) is 9.83. The summed E-state index contributed by atoms with van der Waals surface area (Å²) >= 11 is 0. The number of carbonyl (C=O) groups excluding carboxylic acids is 1. The van der Waals surface area contributed by atoms with E-state index in [-0.39, 0.29) is 5.91 Å². The molecule has 0 atom stereocenters. The molecule has 1 amide bonds. The largest absolute Gasteiger partial charge is 0.349 e. The van der Waals surface area contributed by atoms with Crippen molar-refractivity contribution >= 4 is 5.91 Å². The lowest BCUT2D eigenvalue weighted by molar-refractivity contribution is 0.0927. The van der Waals surface area contributed by atoms with Crippen LogP contribution in [0.1, 0.15) is 42.5 Å². The summed E-state index contributed by atoms with van der Waals surface area (Å²) in [5.41, 5.74) is 0.603. The molecule has 0 bridgehead atoms. The zero-order valence-electron chi connectivity index (χ0n) is 11.3. The fourth-order valence-electron chi connectivity index (χ4n) is 2.58. The summed E-state index contributed by atoms with van der Waals surface area (Å²) in [4.78, 5) is 16.4. The van der Waals surface area contributed by atoms with Crippen LogP contribution in [0.2, 0.25) is 0 Å². The third kappa shape index (κ3) is 2.87. The van der Waals surface area contributed by atoms with Gasteiger partial charge in [0.25, 0.3) is 5.91 Å². The van der Waals surface area contributed by atoms with Crippen molar-refractivity contribution < 1.29 is 4.79 Å². The maximum absolute atomic E-state index is 12.1. The smallest absolute Gasteiger partial charge is 0.253 e. The van der Waals surface area contributed by atoms with Gasteiger partial charge in [-0.3, -0.25) is 4.79 Å². The Kier molecular flexibility index (Phi) is 3.76. The summed E-state index contributed by atoms with van der Waals surface area (Å²) in [5.74, 6) is 0.681. The predicted octanol–water partition coefficient (Wildman–Crippen LogP) is 2.33. The first-order valence-electron chi connectivity index (χ1n) is 7.10. The maximum Gasteiger partial charge on any atom is 0.253 e. The van der Waals surface area contributed by atoms with Gasteiger partial charge in [0.05, 0.1) is 5.56 Å². The molecule has 1 aliphatic carbocycles. The fraction of sp³-hybridized carbons (Fsp3) is 0.400. The second-order valence-corrected chi connectivity index (χ2v) is 5.16. The molecule has 3 rings (SSSR count). The molecule has 1 N–H and O–H groups in total. The van der Waals surface area contributed by atoms with E-state index in [1.54, 1.807) is 23.1 Å². The predicted molar refractivity (Wildman–Crippen MR) is 75.7 cm³/mol. The van der Waals surface area contributed by atoms with E-state index in [1.165, 1.54) is 19.3 Å². The van der Waals surface area contributed by atoms with E-state index < -0.39 is 0 Å². The molecule has 0 saturated heterocycles. The van der Waals surface area contributed by atoms with Crippen molar-refractivity contribution in [1.29, 1.82) is 0 Å². The van der Waals surface area contributed by atoms with Gasteiger partial charge in [-0.2, -0.15) is 5.10 Å². The van der Waals surface area contributed by atoms with E-state index in [1.807, 2.05) is 18.3 Å². The zero-order valence-corrected chi connectivity index (χ0v) is 11.3. The van der Waals surface area contributed by atoms with E-state index in [0.29, 0.717) is 17.4 Å². The molecule has 1 aliphatic rings. The van der Waals surface area contributed by atoms with E-state index in [2.05, 4.69) is 15.4 Å². The SMILES string of the molecule is O=C(NC1CCCCC1)c1ccc(-n2cccn2)nc1. The lowest BCUT2D eigenvalue weighted by atomic mass is 9.95. The Bertz CT molecular complexity index is 556. The fourth-order valence-corrected chi connectivity index (χ4v) is 2.58. The van der Waals surface area contributed by atoms with Gasteiger partial charge in [0, 0.05) is 24.6 Å². The molecule has 20 heavy (non-hydrogen) atoms. The number of nitrogens with zero attached hydrogens (tertiary/aromatic N) is 3. The van der Waals surface area contributed by atoms with Gasteiger partial charge in [-0.05, 0) is 31.0 Å². The molecule has 1 saturated carbocycles. The number of rotatable bonds is 3. The normalized spacial score (nSPS) is 16.0. The van der Waals surface area contributed by atoms with Gasteiger partial charge in [0.2, 0.25) is 0 Å². The molecule has 0 radical (unpaired) electrons. The van der Waals surface area contributed by atoms with E-state index in [4.69, 9.17) is 0 Å². The number of hydrogen-bond acceptors (Lipinski definition) is 3. The van der Waals surface area contributed by atoms with Gasteiger partial charge in [-0.1, -0.05) is 19.3 Å². The quantitative estimate of drug-likeness (QED) is 0.931. The van der Waals surface area contributed by atoms with Crippen LogP contribution in [0.5, 0.6) is 0 Å². The van der Waals surface area contributed by atoms with Crippen LogP contribution in [0.15, 0.2) is 36.8 Å². The van der Waals surface area contributed by atoms with E-state index in [9.17, 15) is 4.79 Å². The first kappa shape index (κ1) is 12.8. The molecular weight excluding hydrogens is 252 g/mol. The molecule has 0 aliphatic heterocycles. The summed E-state index contributed by atoms with van der Waals surface area (Å²) in [6, 6.07) is 5.76. The van der Waals surface area contributed by atoms with Gasteiger partial charge < -0.3 is 5.32 Å². The number of aromatic nitrogens is 3. The molecule has 1 fully saturated rings. The number of nitrogens with one attached hydrogen (secondary N) is 1. The lowest BCUT2D eigenvalue weighted by Crippen LogP contribution is -2.36. The molecule has 0 spiro atoms. The number of hydrogen-bond donors (Lipinski definition) is 1. The molecule has 0 aromatic carbocycles. The van der Waals surface area contributed by atoms with Crippen LogP contribution in [-0.4, -0.2) is 26.7 Å². The third-order valence-electron chi connectivity index (χ3n) is 3.69. The minimum absolute atomic E-state index is 0.0311. The van der Waals surface area contributed by atoms with Crippen LogP contribution in [0.3, 0.4) is 0 Å². The summed E-state index contributed by atoms with van der Waals surface area (Å²) < 4.78 is 1.67. The number of amides is 1. The molecule has 2 aromatic heterocycles. The summed E-state index contributed by atoms with van der Waals surface area (Å²) in [5, 5.41) is 7.20. The zero-order chi connectivity index (χ0) is 13.8. The molecule has 0 unspecified atom stereocenters. The van der Waals surface area contributed by atoms with Crippen LogP contribution >= 0.6 is 0 Å². The Morgan fingerprint density at radius 1 is 1.25 bits per heavy atom. The summed E-state index contributed by atoms with van der Waals surface area (Å²) in [6.45, 7) is 0. The highest BCUT2D eigenvalue weighted by molar-refractivity contribution is 5.94. The molecule has 5 nitrogen and oxygen atoms in total. The van der Waals surface area contributed by atoms with Crippen LogP contribution in [0.4, 0.5) is 0 Å². The van der Waals surface area contributed by atoms with E-state index in [0.717, 1.165) is 12.8 Å². The molecular formula is C15H18N4O. The summed E-state index contributed by atoms with van der Waals surface area (Å²) in [6.07, 6.45) is 11.0. The second-order valence-electron chi connectivity index (χ2n) is 5.16. The Hall–Kier alpha value is -2.17. The van der Waals surface area contributed by atoms with Gasteiger partial charge in [0.15, 0.2) is 5.82 Å².